The summed E-state index contributed by atoms with van der Waals surface area (Å²) in [6.07, 6.45) is 0.953. The van der Waals surface area contributed by atoms with Crippen molar-refractivity contribution in [1.82, 2.24) is 14.9 Å². The van der Waals surface area contributed by atoms with Gasteiger partial charge in [0.1, 0.15) is 0 Å². The molecular formula is C22H33N5O2S. The van der Waals surface area contributed by atoms with E-state index in [-0.39, 0.29) is 0 Å². The minimum atomic E-state index is -3.49. The van der Waals surface area contributed by atoms with Crippen LogP contribution in [0.4, 0.5) is 5.69 Å². The summed E-state index contributed by atoms with van der Waals surface area (Å²) in [5.41, 5.74) is 1.93. The van der Waals surface area contributed by atoms with Gasteiger partial charge in [-0.15, -0.1) is 0 Å². The van der Waals surface area contributed by atoms with E-state index in [1.165, 1.54) is 24.1 Å². The number of rotatable bonds is 10. The quantitative estimate of drug-likeness (QED) is 0.343. The lowest BCUT2D eigenvalue weighted by atomic mass is 10.2. The van der Waals surface area contributed by atoms with E-state index in [4.69, 9.17) is 0 Å². The topological polar surface area (TPSA) is 77.0 Å². The molecule has 2 aromatic carbocycles. The molecule has 0 aliphatic rings. The predicted octanol–water partition coefficient (Wildman–Crippen LogP) is 2.52. The highest BCUT2D eigenvalue weighted by atomic mass is 32.2. The number of guanidine groups is 1. The fraction of sp³-hybridized carbons (Fsp3) is 0.409. The number of hydrogen-bond donors (Lipinski definition) is 2. The molecule has 0 saturated carbocycles. The Hall–Kier alpha value is -2.58. The molecule has 0 fully saturated rings. The van der Waals surface area contributed by atoms with E-state index in [0.29, 0.717) is 23.0 Å². The van der Waals surface area contributed by atoms with Crippen molar-refractivity contribution in [1.29, 1.82) is 0 Å². The Morgan fingerprint density at radius 3 is 2.30 bits per heavy atom. The number of nitrogens with zero attached hydrogens (tertiary/aromatic N) is 3. The Bertz CT molecular complexity index is 914. The maximum Gasteiger partial charge on any atom is 0.242 e. The van der Waals surface area contributed by atoms with E-state index in [2.05, 4.69) is 51.7 Å². The van der Waals surface area contributed by atoms with Gasteiger partial charge in [-0.1, -0.05) is 36.4 Å². The Morgan fingerprint density at radius 1 is 1.00 bits per heavy atom. The Kier molecular flexibility index (Phi) is 9.14. The number of nitrogens with one attached hydrogen (secondary N) is 2. The second-order valence-corrected chi connectivity index (χ2v) is 9.14. The van der Waals surface area contributed by atoms with E-state index < -0.39 is 10.0 Å². The first-order valence-corrected chi connectivity index (χ1v) is 11.6. The van der Waals surface area contributed by atoms with Crippen LogP contribution in [0.15, 0.2) is 64.5 Å². The van der Waals surface area contributed by atoms with E-state index in [9.17, 15) is 8.42 Å². The summed E-state index contributed by atoms with van der Waals surface area (Å²) >= 11 is 0. The number of benzene rings is 2. The second-order valence-electron chi connectivity index (χ2n) is 7.02. The van der Waals surface area contributed by atoms with Gasteiger partial charge in [0, 0.05) is 53.0 Å². The molecule has 0 aliphatic heterocycles. The molecule has 0 amide bonds. The molecule has 0 radical (unpaired) electrons. The largest absolute Gasteiger partial charge is 0.372 e. The van der Waals surface area contributed by atoms with E-state index in [0.717, 1.165) is 26.1 Å². The fourth-order valence-corrected chi connectivity index (χ4v) is 4.20. The molecule has 164 valence electrons. The molecule has 30 heavy (non-hydrogen) atoms. The van der Waals surface area contributed by atoms with Crippen LogP contribution in [-0.4, -0.2) is 59.5 Å². The Morgan fingerprint density at radius 2 is 1.67 bits per heavy atom. The van der Waals surface area contributed by atoms with E-state index in [1.54, 1.807) is 19.2 Å². The lowest BCUT2D eigenvalue weighted by Gasteiger charge is -2.23. The second kappa shape index (κ2) is 11.6. The van der Waals surface area contributed by atoms with Gasteiger partial charge in [-0.3, -0.25) is 4.99 Å². The third-order valence-corrected chi connectivity index (χ3v) is 6.72. The van der Waals surface area contributed by atoms with Crippen molar-refractivity contribution in [3.63, 3.8) is 0 Å². The summed E-state index contributed by atoms with van der Waals surface area (Å²) in [4.78, 5) is 6.88. The lowest BCUT2D eigenvalue weighted by Crippen LogP contribution is -2.38. The number of sulfonamides is 1. The smallest absolute Gasteiger partial charge is 0.242 e. The van der Waals surface area contributed by atoms with Gasteiger partial charge in [0.2, 0.25) is 10.0 Å². The molecule has 0 aromatic heterocycles. The normalized spacial score (nSPS) is 12.1. The summed E-state index contributed by atoms with van der Waals surface area (Å²) in [7, 11) is 1.29. The van der Waals surface area contributed by atoms with E-state index >= 15 is 0 Å². The Labute approximate surface area is 180 Å². The van der Waals surface area contributed by atoms with Crippen molar-refractivity contribution >= 4 is 21.7 Å². The van der Waals surface area contributed by atoms with Crippen molar-refractivity contribution in [3.05, 3.63) is 60.2 Å². The minimum Gasteiger partial charge on any atom is -0.372 e. The molecule has 2 N–H and O–H groups in total. The third-order valence-electron chi connectivity index (χ3n) is 4.80. The first-order chi connectivity index (χ1) is 14.4. The van der Waals surface area contributed by atoms with Crippen LogP contribution >= 0.6 is 0 Å². The summed E-state index contributed by atoms with van der Waals surface area (Å²) in [6, 6.07) is 17.4. The first kappa shape index (κ1) is 23.7. The molecule has 0 unspecified atom stereocenters. The Balaban J connectivity index is 1.88. The van der Waals surface area contributed by atoms with Crippen molar-refractivity contribution in [2.24, 2.45) is 4.99 Å². The number of para-hydroxylation sites is 1. The maximum atomic E-state index is 12.5. The van der Waals surface area contributed by atoms with Gasteiger partial charge in [0.15, 0.2) is 5.96 Å². The van der Waals surface area contributed by atoms with E-state index in [1.807, 2.05) is 18.2 Å². The number of aliphatic imine (C=N–C) groups is 1. The molecule has 2 rings (SSSR count). The van der Waals surface area contributed by atoms with Gasteiger partial charge in [-0.25, -0.2) is 12.7 Å². The maximum absolute atomic E-state index is 12.5. The molecule has 0 saturated heterocycles. The number of anilines is 1. The zero-order valence-electron chi connectivity index (χ0n) is 18.3. The van der Waals surface area contributed by atoms with Crippen LogP contribution in [0, 0.1) is 0 Å². The van der Waals surface area contributed by atoms with Gasteiger partial charge in [0.05, 0.1) is 4.90 Å². The molecule has 7 nitrogen and oxygen atoms in total. The number of hydrogen-bond acceptors (Lipinski definition) is 4. The van der Waals surface area contributed by atoms with Crippen LogP contribution < -0.4 is 15.5 Å². The SMILES string of the molecule is CCN(CCCNC(=NC)NCc1ccccc1S(=O)(=O)N(C)C)c1ccccc1. The molecule has 0 spiro atoms. The predicted molar refractivity (Wildman–Crippen MR) is 124 cm³/mol. The first-order valence-electron chi connectivity index (χ1n) is 10.1. The average molecular weight is 432 g/mol. The van der Waals surface area contributed by atoms with Crippen LogP contribution in [0.25, 0.3) is 0 Å². The minimum absolute atomic E-state index is 0.305. The van der Waals surface area contributed by atoms with Crippen LogP contribution in [-0.2, 0) is 16.6 Å². The summed E-state index contributed by atoms with van der Waals surface area (Å²) in [5, 5.41) is 6.52. The third kappa shape index (κ3) is 6.47. The van der Waals surface area contributed by atoms with Crippen molar-refractivity contribution in [2.75, 3.05) is 45.7 Å². The average Bonchev–Trinajstić information content (AvgIpc) is 2.76. The summed E-state index contributed by atoms with van der Waals surface area (Å²) in [5.74, 6) is 0.648. The molecule has 0 heterocycles. The lowest BCUT2D eigenvalue weighted by molar-refractivity contribution is 0.519. The monoisotopic (exact) mass is 431 g/mol. The van der Waals surface area contributed by atoms with Gasteiger partial charge >= 0.3 is 0 Å². The fourth-order valence-electron chi connectivity index (χ4n) is 3.08. The van der Waals surface area contributed by atoms with Crippen LogP contribution in [0.2, 0.25) is 0 Å². The van der Waals surface area contributed by atoms with Crippen LogP contribution in [0.5, 0.6) is 0 Å². The zero-order valence-corrected chi connectivity index (χ0v) is 19.1. The van der Waals surface area contributed by atoms with Gasteiger partial charge in [0.25, 0.3) is 0 Å². The zero-order chi connectivity index (χ0) is 22.0. The molecule has 0 bridgehead atoms. The summed E-state index contributed by atoms with van der Waals surface area (Å²) in [6.45, 7) is 5.18. The van der Waals surface area contributed by atoms with Crippen molar-refractivity contribution in [2.45, 2.75) is 24.8 Å². The highest BCUT2D eigenvalue weighted by Gasteiger charge is 2.20. The van der Waals surface area contributed by atoms with Crippen molar-refractivity contribution in [3.8, 4) is 0 Å². The molecule has 2 aromatic rings. The molecular weight excluding hydrogens is 398 g/mol. The standard InChI is InChI=1S/C22H33N5O2S/c1-5-27(20-13-7-6-8-14-20)17-11-16-24-22(23-2)25-18-19-12-9-10-15-21(19)30(28,29)26(3)4/h6-10,12-15H,5,11,16-18H2,1-4H3,(H2,23,24,25). The molecule has 0 aliphatic carbocycles. The highest BCUT2D eigenvalue weighted by Crippen LogP contribution is 2.18. The highest BCUT2D eigenvalue weighted by molar-refractivity contribution is 7.89. The molecule has 0 atom stereocenters. The van der Waals surface area contributed by atoms with Gasteiger partial charge in [-0.2, -0.15) is 0 Å². The van der Waals surface area contributed by atoms with Gasteiger partial charge in [-0.05, 0) is 37.1 Å². The van der Waals surface area contributed by atoms with Gasteiger partial charge < -0.3 is 15.5 Å². The molecule has 8 heteroatoms. The van der Waals surface area contributed by atoms with Crippen molar-refractivity contribution < 1.29 is 8.42 Å². The van der Waals surface area contributed by atoms with Crippen LogP contribution in [0.3, 0.4) is 0 Å². The van der Waals surface area contributed by atoms with Crippen LogP contribution in [0.1, 0.15) is 18.9 Å². The summed E-state index contributed by atoms with van der Waals surface area (Å²) < 4.78 is 26.3.